The van der Waals surface area contributed by atoms with Gasteiger partial charge in [-0.1, -0.05) is 12.1 Å². The molecular weight excluding hydrogens is 268 g/mol. The van der Waals surface area contributed by atoms with E-state index in [-0.39, 0.29) is 24.7 Å². The van der Waals surface area contributed by atoms with Crippen LogP contribution in [0.2, 0.25) is 0 Å². The van der Waals surface area contributed by atoms with Gasteiger partial charge < -0.3 is 19.7 Å². The molecule has 0 aliphatic carbocycles. The maximum atomic E-state index is 12.2. The van der Waals surface area contributed by atoms with Gasteiger partial charge in [0.05, 0.1) is 12.2 Å². The highest BCUT2D eigenvalue weighted by Crippen LogP contribution is 2.14. The summed E-state index contributed by atoms with van der Waals surface area (Å²) in [5, 5.41) is 3.09. The zero-order valence-corrected chi connectivity index (χ0v) is 13.0. The van der Waals surface area contributed by atoms with E-state index in [9.17, 15) is 4.79 Å². The lowest BCUT2D eigenvalue weighted by molar-refractivity contribution is -0.145. The van der Waals surface area contributed by atoms with Crippen LogP contribution >= 0.6 is 0 Å². The lowest BCUT2D eigenvalue weighted by atomic mass is 10.2. The number of ether oxygens (including phenoxy) is 2. The van der Waals surface area contributed by atoms with Gasteiger partial charge >= 0.3 is 0 Å². The van der Waals surface area contributed by atoms with Crippen molar-refractivity contribution in [2.45, 2.75) is 32.6 Å². The van der Waals surface area contributed by atoms with Gasteiger partial charge in [0, 0.05) is 19.6 Å². The van der Waals surface area contributed by atoms with Crippen LogP contribution in [0.4, 0.5) is 0 Å². The van der Waals surface area contributed by atoms with E-state index in [1.165, 1.54) is 5.56 Å². The number of morpholine rings is 1. The Morgan fingerprint density at radius 3 is 2.48 bits per heavy atom. The molecule has 1 saturated heterocycles. The van der Waals surface area contributed by atoms with Gasteiger partial charge in [-0.25, -0.2) is 0 Å². The number of rotatable bonds is 5. The molecular formula is C16H24N2O3. The van der Waals surface area contributed by atoms with Gasteiger partial charge in [0.25, 0.3) is 5.91 Å². The predicted molar refractivity (Wildman–Crippen MR) is 81.3 cm³/mol. The van der Waals surface area contributed by atoms with Gasteiger partial charge in [0.15, 0.2) is 6.61 Å². The van der Waals surface area contributed by atoms with E-state index in [1.54, 1.807) is 0 Å². The first-order chi connectivity index (χ1) is 10.1. The monoisotopic (exact) mass is 292 g/mol. The van der Waals surface area contributed by atoms with E-state index in [4.69, 9.17) is 9.47 Å². The average Bonchev–Trinajstić information content (AvgIpc) is 2.45. The lowest BCUT2D eigenvalue weighted by Crippen LogP contribution is -2.49. The number of nitrogens with one attached hydrogen (secondary N) is 1. The second-order valence-electron chi connectivity index (χ2n) is 5.52. The average molecular weight is 292 g/mol. The molecule has 1 aliphatic heterocycles. The minimum atomic E-state index is 0.0105. The summed E-state index contributed by atoms with van der Waals surface area (Å²) in [6.07, 6.45) is 0.164. The normalized spacial score (nSPS) is 22.1. The molecule has 2 rings (SSSR count). The molecule has 1 aromatic rings. The van der Waals surface area contributed by atoms with Crippen molar-refractivity contribution in [3.63, 3.8) is 0 Å². The molecule has 1 aromatic carbocycles. The summed E-state index contributed by atoms with van der Waals surface area (Å²) in [6.45, 7) is 6.13. The van der Waals surface area contributed by atoms with Crippen molar-refractivity contribution in [3.05, 3.63) is 29.8 Å². The molecule has 0 aromatic heterocycles. The second kappa shape index (κ2) is 7.43. The number of hydrogen-bond donors (Lipinski definition) is 1. The molecule has 5 nitrogen and oxygen atoms in total. The van der Waals surface area contributed by atoms with Crippen molar-refractivity contribution in [1.29, 1.82) is 0 Å². The first-order valence-corrected chi connectivity index (χ1v) is 7.38. The zero-order chi connectivity index (χ0) is 15.2. The molecule has 1 heterocycles. The molecule has 0 bridgehead atoms. The largest absolute Gasteiger partial charge is 0.484 e. The van der Waals surface area contributed by atoms with Gasteiger partial charge in [-0.05, 0) is 38.6 Å². The van der Waals surface area contributed by atoms with E-state index in [2.05, 4.69) is 5.32 Å². The topological polar surface area (TPSA) is 50.8 Å². The molecule has 1 fully saturated rings. The highest BCUT2D eigenvalue weighted by Gasteiger charge is 2.25. The molecule has 2 unspecified atom stereocenters. The first-order valence-electron chi connectivity index (χ1n) is 7.38. The van der Waals surface area contributed by atoms with Crippen LogP contribution in [0.25, 0.3) is 0 Å². The summed E-state index contributed by atoms with van der Waals surface area (Å²) in [4.78, 5) is 14.0. The van der Waals surface area contributed by atoms with Crippen molar-refractivity contribution < 1.29 is 14.3 Å². The fourth-order valence-corrected chi connectivity index (χ4v) is 2.53. The van der Waals surface area contributed by atoms with Crippen molar-refractivity contribution in [1.82, 2.24) is 10.2 Å². The van der Waals surface area contributed by atoms with E-state index in [1.807, 2.05) is 50.1 Å². The lowest BCUT2D eigenvalue weighted by Gasteiger charge is -2.35. The summed E-state index contributed by atoms with van der Waals surface area (Å²) in [7, 11) is 1.91. The molecule has 0 spiro atoms. The first kappa shape index (κ1) is 15.8. The van der Waals surface area contributed by atoms with Crippen LogP contribution in [0.15, 0.2) is 24.3 Å². The predicted octanol–water partition coefficient (Wildman–Crippen LogP) is 1.42. The van der Waals surface area contributed by atoms with Gasteiger partial charge in [0.1, 0.15) is 5.75 Å². The van der Waals surface area contributed by atoms with Crippen LogP contribution in [0.1, 0.15) is 19.4 Å². The minimum Gasteiger partial charge on any atom is -0.484 e. The third kappa shape index (κ3) is 4.72. The Bertz CT molecular complexity index is 451. The quantitative estimate of drug-likeness (QED) is 0.892. The van der Waals surface area contributed by atoms with Crippen LogP contribution < -0.4 is 10.1 Å². The maximum absolute atomic E-state index is 12.2. The summed E-state index contributed by atoms with van der Waals surface area (Å²) < 4.78 is 11.2. The number of hydrogen-bond acceptors (Lipinski definition) is 4. The molecule has 0 radical (unpaired) electrons. The Morgan fingerprint density at radius 1 is 1.29 bits per heavy atom. The Morgan fingerprint density at radius 2 is 1.90 bits per heavy atom. The molecule has 21 heavy (non-hydrogen) atoms. The van der Waals surface area contributed by atoms with E-state index in [0.29, 0.717) is 13.1 Å². The van der Waals surface area contributed by atoms with Crippen molar-refractivity contribution in [3.8, 4) is 5.75 Å². The van der Waals surface area contributed by atoms with E-state index < -0.39 is 0 Å². The van der Waals surface area contributed by atoms with E-state index >= 15 is 0 Å². The summed E-state index contributed by atoms with van der Waals surface area (Å²) >= 11 is 0. The number of carbonyl (C=O) groups is 1. The van der Waals surface area contributed by atoms with Crippen LogP contribution in [0.3, 0.4) is 0 Å². The maximum Gasteiger partial charge on any atom is 0.260 e. The Hall–Kier alpha value is -1.59. The molecule has 116 valence electrons. The summed E-state index contributed by atoms with van der Waals surface area (Å²) in [6, 6.07) is 7.78. The fraction of sp³-hybridized carbons (Fsp3) is 0.562. The standard InChI is InChI=1S/C16H24N2O3/c1-12-9-18(10-13(2)21-12)16(19)11-20-15-6-4-14(5-7-15)8-17-3/h4-7,12-13,17H,8-11H2,1-3H3. The molecule has 1 amide bonds. The van der Waals surface area contributed by atoms with Crippen LogP contribution in [0, 0.1) is 0 Å². The number of benzene rings is 1. The van der Waals surface area contributed by atoms with Crippen molar-refractivity contribution in [2.24, 2.45) is 0 Å². The van der Waals surface area contributed by atoms with E-state index in [0.717, 1.165) is 12.3 Å². The minimum absolute atomic E-state index is 0.0105. The number of carbonyl (C=O) groups excluding carboxylic acids is 1. The molecule has 5 heteroatoms. The number of nitrogens with zero attached hydrogens (tertiary/aromatic N) is 1. The smallest absolute Gasteiger partial charge is 0.260 e. The summed E-state index contributed by atoms with van der Waals surface area (Å²) in [5.41, 5.74) is 1.19. The third-order valence-electron chi connectivity index (χ3n) is 3.44. The van der Waals surface area contributed by atoms with Crippen LogP contribution in [0.5, 0.6) is 5.75 Å². The van der Waals surface area contributed by atoms with Gasteiger partial charge in [0.2, 0.25) is 0 Å². The molecule has 2 atom stereocenters. The highest BCUT2D eigenvalue weighted by molar-refractivity contribution is 5.78. The van der Waals surface area contributed by atoms with Gasteiger partial charge in [-0.3, -0.25) is 4.79 Å². The third-order valence-corrected chi connectivity index (χ3v) is 3.44. The molecule has 1 aliphatic rings. The zero-order valence-electron chi connectivity index (χ0n) is 13.0. The van der Waals surface area contributed by atoms with Gasteiger partial charge in [-0.2, -0.15) is 0 Å². The SMILES string of the molecule is CNCc1ccc(OCC(=O)N2CC(C)OC(C)C2)cc1. The van der Waals surface area contributed by atoms with Crippen molar-refractivity contribution in [2.75, 3.05) is 26.7 Å². The number of amides is 1. The molecule has 1 N–H and O–H groups in total. The van der Waals surface area contributed by atoms with Crippen LogP contribution in [-0.4, -0.2) is 49.8 Å². The Kier molecular flexibility index (Phi) is 5.59. The Balaban J connectivity index is 1.83. The van der Waals surface area contributed by atoms with Crippen LogP contribution in [-0.2, 0) is 16.1 Å². The van der Waals surface area contributed by atoms with Gasteiger partial charge in [-0.15, -0.1) is 0 Å². The summed E-state index contributed by atoms with van der Waals surface area (Å²) in [5.74, 6) is 0.730. The van der Waals surface area contributed by atoms with Crippen molar-refractivity contribution >= 4 is 5.91 Å². The fourth-order valence-electron chi connectivity index (χ4n) is 2.53. The Labute approximate surface area is 126 Å². The second-order valence-corrected chi connectivity index (χ2v) is 5.52. The molecule has 0 saturated carbocycles. The highest BCUT2D eigenvalue weighted by atomic mass is 16.5.